The number of benzene rings is 4. The van der Waals surface area contributed by atoms with Crippen LogP contribution in [0.4, 0.5) is 22.0 Å². The first kappa shape index (κ1) is 35.9. The summed E-state index contributed by atoms with van der Waals surface area (Å²) < 4.78 is 81.6. The number of nitrogens with one attached hydrogen (secondary N) is 1. The number of amides is 1. The van der Waals surface area contributed by atoms with E-state index in [0.29, 0.717) is 23.2 Å². The Morgan fingerprint density at radius 2 is 1.45 bits per heavy atom. The molecular weight excluding hydrogens is 651 g/mol. The Kier molecular flexibility index (Phi) is 11.3. The highest BCUT2D eigenvalue weighted by Crippen LogP contribution is 2.42. The highest BCUT2D eigenvalue weighted by Gasteiger charge is 2.39. The van der Waals surface area contributed by atoms with Gasteiger partial charge < -0.3 is 35.0 Å². The molecule has 0 radical (unpaired) electrons. The Hall–Kier alpha value is -4.40. The van der Waals surface area contributed by atoms with Crippen LogP contribution in [0.2, 0.25) is 0 Å². The van der Waals surface area contributed by atoms with Crippen molar-refractivity contribution in [1.82, 2.24) is 10.2 Å². The number of phenols is 1. The van der Waals surface area contributed by atoms with Gasteiger partial charge in [-0.25, -0.2) is 22.0 Å². The monoisotopic (exact) mass is 686 g/mol. The minimum atomic E-state index is -2.35. The maximum absolute atomic E-state index is 14.1. The minimum absolute atomic E-state index is 0.0494. The molecule has 13 heteroatoms. The molecule has 260 valence electrons. The molecule has 1 saturated heterocycles. The predicted molar refractivity (Wildman–Crippen MR) is 167 cm³/mol. The number of aromatic hydroxyl groups is 1. The molecule has 5 atom stereocenters. The number of aliphatic hydroxyl groups is 2. The first-order valence-electron chi connectivity index (χ1n) is 15.4. The van der Waals surface area contributed by atoms with Crippen molar-refractivity contribution in [2.75, 3.05) is 20.1 Å². The van der Waals surface area contributed by atoms with Crippen LogP contribution in [0.1, 0.15) is 63.6 Å². The van der Waals surface area contributed by atoms with Crippen molar-refractivity contribution in [3.63, 3.8) is 0 Å². The van der Waals surface area contributed by atoms with E-state index in [-0.39, 0.29) is 37.5 Å². The Morgan fingerprint density at radius 3 is 2.06 bits per heavy atom. The van der Waals surface area contributed by atoms with Gasteiger partial charge in [0.2, 0.25) is 5.82 Å². The molecule has 0 bridgehead atoms. The van der Waals surface area contributed by atoms with E-state index in [1.165, 1.54) is 12.1 Å². The smallest absolute Gasteiger partial charge is 0.257 e. The molecule has 4 N–H and O–H groups in total. The standard InChI is InChI=1S/C36H35F5N2O6/c1-19-27(17-43(2)16-26(46)24-4-3-5-25(45)14-24)48-36(49-34(19)22-10-8-21(18-44)9-11-22)23-12-6-20(7-13-23)15-42-35(47)28-29(37)31(39)33(41)32(40)30(28)38/h3-14,19,26-27,34,36,44-46H,15-18H2,1-2H3,(H,42,47). The van der Waals surface area contributed by atoms with Gasteiger partial charge in [-0.2, -0.15) is 0 Å². The van der Waals surface area contributed by atoms with Crippen LogP contribution in [0, 0.1) is 35.0 Å². The van der Waals surface area contributed by atoms with Crippen LogP contribution in [0.25, 0.3) is 0 Å². The molecule has 1 aliphatic rings. The maximum atomic E-state index is 14.1. The number of hydrogen-bond acceptors (Lipinski definition) is 7. The predicted octanol–water partition coefficient (Wildman–Crippen LogP) is 5.97. The van der Waals surface area contributed by atoms with Gasteiger partial charge in [-0.1, -0.05) is 67.6 Å². The molecular formula is C36H35F5N2O6. The van der Waals surface area contributed by atoms with Crippen molar-refractivity contribution < 1.29 is 51.5 Å². The molecule has 1 fully saturated rings. The summed E-state index contributed by atoms with van der Waals surface area (Å²) in [6.45, 7) is 2.25. The number of carbonyl (C=O) groups excluding carboxylic acids is 1. The van der Waals surface area contributed by atoms with Gasteiger partial charge >= 0.3 is 0 Å². The van der Waals surface area contributed by atoms with Crippen molar-refractivity contribution in [3.05, 3.63) is 135 Å². The van der Waals surface area contributed by atoms with Gasteiger partial charge in [0.1, 0.15) is 11.3 Å². The Balaban J connectivity index is 1.31. The summed E-state index contributed by atoms with van der Waals surface area (Å²) in [4.78, 5) is 14.3. The number of hydrogen-bond donors (Lipinski definition) is 4. The second-order valence-corrected chi connectivity index (χ2v) is 12.0. The van der Waals surface area contributed by atoms with Gasteiger partial charge in [-0.05, 0) is 41.4 Å². The Labute approximate surface area is 279 Å². The van der Waals surface area contributed by atoms with Crippen molar-refractivity contribution in [3.8, 4) is 5.75 Å². The summed E-state index contributed by atoms with van der Waals surface area (Å²) in [5.74, 6) is -12.8. The topological polar surface area (TPSA) is 111 Å². The summed E-state index contributed by atoms with van der Waals surface area (Å²) in [6, 6.07) is 20.3. The summed E-state index contributed by atoms with van der Waals surface area (Å²) >= 11 is 0. The first-order chi connectivity index (χ1) is 23.4. The third-order valence-electron chi connectivity index (χ3n) is 8.50. The molecule has 4 aromatic carbocycles. The molecule has 5 rings (SSSR count). The number of carbonyl (C=O) groups is 1. The average Bonchev–Trinajstić information content (AvgIpc) is 3.10. The van der Waals surface area contributed by atoms with Gasteiger partial charge in [0.25, 0.3) is 5.91 Å². The normalized spacial score (nSPS) is 20.0. The molecule has 1 aliphatic heterocycles. The number of nitrogens with zero attached hydrogens (tertiary/aromatic N) is 1. The molecule has 1 amide bonds. The van der Waals surface area contributed by atoms with Crippen molar-refractivity contribution in [1.29, 1.82) is 0 Å². The lowest BCUT2D eigenvalue weighted by Gasteiger charge is -2.42. The molecule has 0 spiro atoms. The molecule has 5 unspecified atom stereocenters. The SMILES string of the molecule is CC1C(CN(C)CC(O)c2cccc(O)c2)OC(c2ccc(CNC(=O)c3c(F)c(F)c(F)c(F)c3F)cc2)OC1c1ccc(CO)cc1. The summed E-state index contributed by atoms with van der Waals surface area (Å²) in [7, 11) is 1.84. The molecule has 0 saturated carbocycles. The zero-order valence-corrected chi connectivity index (χ0v) is 26.5. The zero-order valence-electron chi connectivity index (χ0n) is 26.5. The van der Waals surface area contributed by atoms with Crippen LogP contribution in [-0.2, 0) is 22.6 Å². The van der Waals surface area contributed by atoms with Gasteiger partial charge in [0.15, 0.2) is 29.6 Å². The lowest BCUT2D eigenvalue weighted by Crippen LogP contribution is -2.44. The van der Waals surface area contributed by atoms with E-state index in [9.17, 15) is 42.1 Å². The minimum Gasteiger partial charge on any atom is -0.508 e. The fourth-order valence-corrected chi connectivity index (χ4v) is 5.71. The van der Waals surface area contributed by atoms with E-state index >= 15 is 0 Å². The van der Waals surface area contributed by atoms with Gasteiger partial charge in [0, 0.05) is 31.1 Å². The molecule has 8 nitrogen and oxygen atoms in total. The summed E-state index contributed by atoms with van der Waals surface area (Å²) in [5.41, 5.74) is 1.65. The number of phenolic OH excluding ortho intramolecular Hbond substituents is 1. The van der Waals surface area contributed by atoms with Gasteiger partial charge in [-0.15, -0.1) is 0 Å². The van der Waals surface area contributed by atoms with Gasteiger partial charge in [-0.3, -0.25) is 4.79 Å². The average molecular weight is 687 g/mol. The molecule has 0 aliphatic carbocycles. The van der Waals surface area contributed by atoms with Crippen LogP contribution in [-0.4, -0.2) is 52.4 Å². The number of ether oxygens (including phenoxy) is 2. The van der Waals surface area contributed by atoms with E-state index in [1.807, 2.05) is 31.0 Å². The van der Waals surface area contributed by atoms with Crippen LogP contribution in [0.15, 0.2) is 72.8 Å². The van der Waals surface area contributed by atoms with Gasteiger partial charge in [0.05, 0.1) is 24.9 Å². The van der Waals surface area contributed by atoms with Crippen molar-refractivity contribution in [2.24, 2.45) is 5.92 Å². The number of rotatable bonds is 11. The fraction of sp³-hybridized carbons (Fsp3) is 0.306. The van der Waals surface area contributed by atoms with Crippen LogP contribution >= 0.6 is 0 Å². The van der Waals surface area contributed by atoms with E-state index in [4.69, 9.17) is 9.47 Å². The maximum Gasteiger partial charge on any atom is 0.257 e. The summed E-state index contributed by atoms with van der Waals surface area (Å²) in [6.07, 6.45) is -2.54. The second kappa shape index (κ2) is 15.4. The largest absolute Gasteiger partial charge is 0.508 e. The van der Waals surface area contributed by atoms with Crippen molar-refractivity contribution >= 4 is 5.91 Å². The number of likely N-dealkylation sites (N-methyl/N-ethyl adjacent to an activating group) is 1. The fourth-order valence-electron chi connectivity index (χ4n) is 5.71. The molecule has 1 heterocycles. The third kappa shape index (κ3) is 8.09. The van der Waals surface area contributed by atoms with Crippen LogP contribution in [0.3, 0.4) is 0 Å². The third-order valence-corrected chi connectivity index (χ3v) is 8.50. The highest BCUT2D eigenvalue weighted by atomic mass is 19.2. The van der Waals surface area contributed by atoms with Crippen LogP contribution in [0.5, 0.6) is 5.75 Å². The van der Waals surface area contributed by atoms with E-state index in [0.717, 1.165) is 11.1 Å². The van der Waals surface area contributed by atoms with Crippen LogP contribution < -0.4 is 5.32 Å². The Morgan fingerprint density at radius 1 is 0.857 bits per heavy atom. The lowest BCUT2D eigenvalue weighted by molar-refractivity contribution is -0.276. The zero-order chi connectivity index (χ0) is 35.4. The van der Waals surface area contributed by atoms with E-state index in [1.54, 1.807) is 48.5 Å². The number of aliphatic hydroxyl groups excluding tert-OH is 2. The lowest BCUT2D eigenvalue weighted by atomic mass is 9.90. The second-order valence-electron chi connectivity index (χ2n) is 12.0. The summed E-state index contributed by atoms with van der Waals surface area (Å²) in [5, 5.41) is 32.3. The highest BCUT2D eigenvalue weighted by molar-refractivity contribution is 5.94. The first-order valence-corrected chi connectivity index (χ1v) is 15.4. The molecule has 4 aromatic rings. The Bertz CT molecular complexity index is 1750. The molecule has 0 aromatic heterocycles. The quantitative estimate of drug-likeness (QED) is 0.0875. The molecule has 49 heavy (non-hydrogen) atoms. The van der Waals surface area contributed by atoms with Crippen molar-refractivity contribution in [2.45, 2.75) is 44.7 Å². The number of halogens is 5. The van der Waals surface area contributed by atoms with E-state index < -0.39 is 59.1 Å². The van der Waals surface area contributed by atoms with E-state index in [2.05, 4.69) is 5.32 Å².